The van der Waals surface area contributed by atoms with Crippen molar-refractivity contribution >= 4 is 5.91 Å². The van der Waals surface area contributed by atoms with Gasteiger partial charge in [-0.15, -0.1) is 5.10 Å². The van der Waals surface area contributed by atoms with E-state index in [2.05, 4.69) is 46.4 Å². The average molecular weight is 380 g/mol. The predicted octanol–water partition coefficient (Wildman–Crippen LogP) is 2.39. The lowest BCUT2D eigenvalue weighted by Gasteiger charge is -2.38. The minimum absolute atomic E-state index is 0.0561. The Morgan fingerprint density at radius 2 is 1.79 bits per heavy atom. The molecule has 0 aliphatic carbocycles. The molecule has 1 aromatic carbocycles. The van der Waals surface area contributed by atoms with Gasteiger partial charge in [0.15, 0.2) is 11.6 Å². The fraction of sp³-hybridized carbons (Fsp3) is 0.400. The summed E-state index contributed by atoms with van der Waals surface area (Å²) in [5, 5.41) is 12.5. The number of benzene rings is 1. The van der Waals surface area contributed by atoms with Crippen molar-refractivity contribution in [3.05, 3.63) is 65.9 Å². The fourth-order valence-corrected chi connectivity index (χ4v) is 3.65. The number of furan rings is 1. The summed E-state index contributed by atoms with van der Waals surface area (Å²) in [6.45, 7) is 6.87. The molecule has 0 bridgehead atoms. The zero-order valence-corrected chi connectivity index (χ0v) is 16.1. The Hall–Kier alpha value is -3.00. The highest BCUT2D eigenvalue weighted by atomic mass is 16.3. The van der Waals surface area contributed by atoms with Crippen molar-refractivity contribution in [3.63, 3.8) is 0 Å². The molecule has 1 aliphatic rings. The van der Waals surface area contributed by atoms with Crippen LogP contribution in [0.5, 0.6) is 0 Å². The van der Waals surface area contributed by atoms with Crippen LogP contribution in [0.15, 0.2) is 53.1 Å². The van der Waals surface area contributed by atoms with Gasteiger partial charge in [0.2, 0.25) is 0 Å². The van der Waals surface area contributed by atoms with E-state index >= 15 is 0 Å². The van der Waals surface area contributed by atoms with E-state index in [4.69, 9.17) is 4.42 Å². The van der Waals surface area contributed by atoms with Crippen molar-refractivity contribution in [2.24, 2.45) is 0 Å². The van der Waals surface area contributed by atoms with E-state index in [1.807, 2.05) is 27.8 Å². The van der Waals surface area contributed by atoms with E-state index in [0.717, 1.165) is 24.5 Å². The van der Waals surface area contributed by atoms with Crippen LogP contribution >= 0.6 is 0 Å². The first-order chi connectivity index (χ1) is 13.6. The Morgan fingerprint density at radius 1 is 1.04 bits per heavy atom. The monoisotopic (exact) mass is 380 g/mol. The molecule has 8 nitrogen and oxygen atoms in total. The lowest BCUT2D eigenvalue weighted by Crippen LogP contribution is -2.50. The standard InChI is InChI=1S/C20H24N6O2/c1-15(2)26-19(21-22-23-26)18(16-7-4-3-5-8-16)24-10-12-25(13-11-24)20(27)17-9-6-14-28-17/h3-9,14-15,18H,10-13H2,1-2H3/t18-/m1/s1. The molecular weight excluding hydrogens is 356 g/mol. The number of carbonyl (C=O) groups is 1. The highest BCUT2D eigenvalue weighted by molar-refractivity contribution is 5.91. The molecule has 8 heteroatoms. The molecule has 0 N–H and O–H groups in total. The molecule has 0 saturated carbocycles. The minimum atomic E-state index is -0.0621. The molecule has 146 valence electrons. The number of piperazine rings is 1. The van der Waals surface area contributed by atoms with Gasteiger partial charge in [-0.25, -0.2) is 4.68 Å². The van der Waals surface area contributed by atoms with Gasteiger partial charge in [0.25, 0.3) is 5.91 Å². The Bertz CT molecular complexity index is 898. The minimum Gasteiger partial charge on any atom is -0.459 e. The van der Waals surface area contributed by atoms with Crippen LogP contribution in [0.2, 0.25) is 0 Å². The number of carbonyl (C=O) groups excluding carboxylic acids is 1. The van der Waals surface area contributed by atoms with Crippen molar-refractivity contribution in [1.82, 2.24) is 30.0 Å². The van der Waals surface area contributed by atoms with Crippen LogP contribution in [-0.2, 0) is 0 Å². The molecule has 1 fully saturated rings. The zero-order valence-electron chi connectivity index (χ0n) is 16.1. The molecule has 28 heavy (non-hydrogen) atoms. The van der Waals surface area contributed by atoms with Gasteiger partial charge in [-0.3, -0.25) is 9.69 Å². The quantitative estimate of drug-likeness (QED) is 0.676. The van der Waals surface area contributed by atoms with Crippen LogP contribution in [0.1, 0.15) is 47.9 Å². The van der Waals surface area contributed by atoms with Gasteiger partial charge in [-0.05, 0) is 42.0 Å². The fourth-order valence-electron chi connectivity index (χ4n) is 3.65. The number of aromatic nitrogens is 4. The molecule has 4 rings (SSSR count). The Balaban J connectivity index is 1.57. The van der Waals surface area contributed by atoms with Crippen LogP contribution in [0.3, 0.4) is 0 Å². The summed E-state index contributed by atoms with van der Waals surface area (Å²) in [6, 6.07) is 13.8. The highest BCUT2D eigenvalue weighted by Gasteiger charge is 2.32. The summed E-state index contributed by atoms with van der Waals surface area (Å²) in [5.41, 5.74) is 1.14. The van der Waals surface area contributed by atoms with Crippen molar-refractivity contribution in [1.29, 1.82) is 0 Å². The largest absolute Gasteiger partial charge is 0.459 e. The SMILES string of the molecule is CC(C)n1nnnc1[C@@H](c1ccccc1)N1CCN(C(=O)c2ccco2)CC1. The van der Waals surface area contributed by atoms with Crippen molar-refractivity contribution in [2.75, 3.05) is 26.2 Å². The number of hydrogen-bond donors (Lipinski definition) is 0. The first-order valence-electron chi connectivity index (χ1n) is 9.54. The first-order valence-corrected chi connectivity index (χ1v) is 9.54. The van der Waals surface area contributed by atoms with Gasteiger partial charge in [-0.1, -0.05) is 30.3 Å². The third-order valence-electron chi connectivity index (χ3n) is 5.07. The van der Waals surface area contributed by atoms with Gasteiger partial charge >= 0.3 is 0 Å². The Kier molecular flexibility index (Phi) is 5.21. The molecule has 3 heterocycles. The molecule has 1 saturated heterocycles. The molecule has 0 unspecified atom stereocenters. The van der Waals surface area contributed by atoms with E-state index in [9.17, 15) is 4.79 Å². The number of hydrogen-bond acceptors (Lipinski definition) is 6. The van der Waals surface area contributed by atoms with Crippen molar-refractivity contribution in [2.45, 2.75) is 25.9 Å². The Morgan fingerprint density at radius 3 is 2.43 bits per heavy atom. The second kappa shape index (κ2) is 7.93. The molecular formula is C20H24N6O2. The normalized spacial score (nSPS) is 16.5. The van der Waals surface area contributed by atoms with Crippen LogP contribution < -0.4 is 0 Å². The summed E-state index contributed by atoms with van der Waals surface area (Å²) >= 11 is 0. The maximum atomic E-state index is 12.6. The molecule has 0 radical (unpaired) electrons. The summed E-state index contributed by atoms with van der Waals surface area (Å²) in [7, 11) is 0. The predicted molar refractivity (Wildman–Crippen MR) is 103 cm³/mol. The third kappa shape index (κ3) is 3.55. The first kappa shape index (κ1) is 18.4. The number of nitrogens with zero attached hydrogens (tertiary/aromatic N) is 6. The van der Waals surface area contributed by atoms with Gasteiger partial charge in [-0.2, -0.15) is 0 Å². The van der Waals surface area contributed by atoms with E-state index in [-0.39, 0.29) is 18.0 Å². The number of amides is 1. The second-order valence-corrected chi connectivity index (χ2v) is 7.19. The van der Waals surface area contributed by atoms with Gasteiger partial charge in [0, 0.05) is 26.2 Å². The topological polar surface area (TPSA) is 80.3 Å². The highest BCUT2D eigenvalue weighted by Crippen LogP contribution is 2.29. The van der Waals surface area contributed by atoms with Gasteiger partial charge in [0.1, 0.15) is 0 Å². The average Bonchev–Trinajstić information content (AvgIpc) is 3.41. The molecule has 2 aromatic heterocycles. The maximum absolute atomic E-state index is 12.6. The Labute approximate surface area is 163 Å². The lowest BCUT2D eigenvalue weighted by atomic mass is 10.0. The second-order valence-electron chi connectivity index (χ2n) is 7.19. The number of rotatable bonds is 5. The van der Waals surface area contributed by atoms with E-state index in [1.165, 1.54) is 6.26 Å². The van der Waals surface area contributed by atoms with Crippen LogP contribution in [0.4, 0.5) is 0 Å². The summed E-state index contributed by atoms with van der Waals surface area (Å²) in [5.74, 6) is 1.15. The molecule has 1 amide bonds. The number of tetrazole rings is 1. The van der Waals surface area contributed by atoms with Crippen molar-refractivity contribution in [3.8, 4) is 0 Å². The van der Waals surface area contributed by atoms with Crippen molar-refractivity contribution < 1.29 is 9.21 Å². The van der Waals surface area contributed by atoms with Crippen LogP contribution in [-0.4, -0.2) is 62.1 Å². The maximum Gasteiger partial charge on any atom is 0.289 e. The van der Waals surface area contributed by atoms with E-state index in [0.29, 0.717) is 18.8 Å². The smallest absolute Gasteiger partial charge is 0.289 e. The molecule has 1 aliphatic heterocycles. The van der Waals surface area contributed by atoms with Crippen LogP contribution in [0, 0.1) is 0 Å². The van der Waals surface area contributed by atoms with E-state index in [1.54, 1.807) is 12.1 Å². The molecule has 0 spiro atoms. The summed E-state index contributed by atoms with van der Waals surface area (Å²) in [4.78, 5) is 16.7. The van der Waals surface area contributed by atoms with Gasteiger partial charge < -0.3 is 9.32 Å². The third-order valence-corrected chi connectivity index (χ3v) is 5.07. The molecule has 1 atom stereocenters. The van der Waals surface area contributed by atoms with Crippen LogP contribution in [0.25, 0.3) is 0 Å². The summed E-state index contributed by atoms with van der Waals surface area (Å²) < 4.78 is 7.13. The van der Waals surface area contributed by atoms with Gasteiger partial charge in [0.05, 0.1) is 18.3 Å². The molecule has 3 aromatic rings. The summed E-state index contributed by atoms with van der Waals surface area (Å²) in [6.07, 6.45) is 1.53. The lowest BCUT2D eigenvalue weighted by molar-refractivity contribution is 0.0558. The van der Waals surface area contributed by atoms with E-state index < -0.39 is 0 Å². The zero-order chi connectivity index (χ0) is 19.5.